The van der Waals surface area contributed by atoms with Crippen LogP contribution in [-0.2, 0) is 10.8 Å². The molecule has 0 N–H and O–H groups in total. The standard InChI is InChI=1S/C64H48N2/c1-63(2)57-33-17-15-32-55(57)62-58(63)34-20-36-61(62)65(52-40-38-50(39-41-52)64(47-22-7-3-8-23-47,48-24-9-4-10-25-48)49-26-11-5-12-27-49)53-30-19-21-45(43-53)46-37-42-60-56(44-46)54-31-16-18-35-59(54)66(60)51-28-13-6-14-29-51/h3-44H,1-2H3. The van der Waals surface area contributed by atoms with Gasteiger partial charge in [-0.05, 0) is 111 Å². The van der Waals surface area contributed by atoms with Crippen molar-refractivity contribution in [3.8, 4) is 27.9 Å². The number of para-hydroxylation sites is 2. The highest BCUT2D eigenvalue weighted by atomic mass is 15.1. The van der Waals surface area contributed by atoms with E-state index in [4.69, 9.17) is 0 Å². The summed E-state index contributed by atoms with van der Waals surface area (Å²) in [7, 11) is 0. The van der Waals surface area contributed by atoms with E-state index in [0.717, 1.165) is 28.3 Å². The number of hydrogen-bond acceptors (Lipinski definition) is 1. The van der Waals surface area contributed by atoms with E-state index in [0.29, 0.717) is 0 Å². The van der Waals surface area contributed by atoms with E-state index in [-0.39, 0.29) is 5.41 Å². The molecule has 314 valence electrons. The zero-order valence-electron chi connectivity index (χ0n) is 37.1. The lowest BCUT2D eigenvalue weighted by molar-refractivity contribution is 0.660. The van der Waals surface area contributed by atoms with E-state index in [2.05, 4.69) is 278 Å². The van der Waals surface area contributed by atoms with E-state index in [9.17, 15) is 0 Å². The Morgan fingerprint density at radius 3 is 1.59 bits per heavy atom. The average Bonchev–Trinajstić information content (AvgIpc) is 3.84. The molecule has 0 amide bonds. The third kappa shape index (κ3) is 6.17. The minimum Gasteiger partial charge on any atom is -0.310 e. The number of nitrogens with zero attached hydrogens (tertiary/aromatic N) is 2. The fourth-order valence-electron chi connectivity index (χ4n) is 11.1. The molecular weight excluding hydrogens is 797 g/mol. The average molecular weight is 845 g/mol. The zero-order chi connectivity index (χ0) is 44.2. The van der Waals surface area contributed by atoms with Gasteiger partial charge in [0.1, 0.15) is 0 Å². The van der Waals surface area contributed by atoms with Crippen LogP contribution in [0.1, 0.15) is 47.2 Å². The Morgan fingerprint density at radius 2 is 0.909 bits per heavy atom. The van der Waals surface area contributed by atoms with Crippen LogP contribution >= 0.6 is 0 Å². The van der Waals surface area contributed by atoms with Gasteiger partial charge in [0.15, 0.2) is 0 Å². The van der Waals surface area contributed by atoms with Gasteiger partial charge < -0.3 is 9.47 Å². The molecule has 2 heteroatoms. The molecule has 66 heavy (non-hydrogen) atoms. The molecular formula is C64H48N2. The Balaban J connectivity index is 1.06. The van der Waals surface area contributed by atoms with Gasteiger partial charge in [-0.1, -0.05) is 208 Å². The summed E-state index contributed by atoms with van der Waals surface area (Å²) in [5, 5.41) is 2.48. The fourth-order valence-corrected chi connectivity index (χ4v) is 11.1. The van der Waals surface area contributed by atoms with Crippen LogP contribution in [0.3, 0.4) is 0 Å². The van der Waals surface area contributed by atoms with E-state index in [1.54, 1.807) is 0 Å². The lowest BCUT2D eigenvalue weighted by Crippen LogP contribution is -2.31. The minimum absolute atomic E-state index is 0.145. The molecule has 0 spiro atoms. The van der Waals surface area contributed by atoms with Crippen molar-refractivity contribution >= 4 is 38.9 Å². The molecule has 10 aromatic carbocycles. The number of benzene rings is 10. The van der Waals surface area contributed by atoms with Gasteiger partial charge in [-0.15, -0.1) is 0 Å². The molecule has 1 aliphatic carbocycles. The highest BCUT2D eigenvalue weighted by Crippen LogP contribution is 2.55. The quantitative estimate of drug-likeness (QED) is 0.131. The SMILES string of the molecule is CC1(C)c2ccccc2-c2c(N(c3ccc(C(c4ccccc4)(c4ccccc4)c4ccccc4)cc3)c3cccc(-c4ccc5c(c4)c4ccccc4n5-c4ccccc4)c3)cccc21. The lowest BCUT2D eigenvalue weighted by atomic mass is 9.65. The first-order valence-corrected chi connectivity index (χ1v) is 23.0. The van der Waals surface area contributed by atoms with Crippen molar-refractivity contribution in [3.63, 3.8) is 0 Å². The van der Waals surface area contributed by atoms with Gasteiger partial charge in [0, 0.05) is 38.8 Å². The highest BCUT2D eigenvalue weighted by Gasteiger charge is 2.40. The Morgan fingerprint density at radius 1 is 0.379 bits per heavy atom. The summed E-state index contributed by atoms with van der Waals surface area (Å²) in [4.78, 5) is 2.49. The molecule has 0 fully saturated rings. The van der Waals surface area contributed by atoms with Crippen molar-refractivity contribution in [1.82, 2.24) is 4.57 Å². The van der Waals surface area contributed by atoms with Crippen molar-refractivity contribution in [1.29, 1.82) is 0 Å². The first-order chi connectivity index (χ1) is 32.5. The minimum atomic E-state index is -0.549. The second kappa shape index (κ2) is 15.8. The zero-order valence-corrected chi connectivity index (χ0v) is 37.1. The van der Waals surface area contributed by atoms with Gasteiger partial charge in [0.2, 0.25) is 0 Å². The van der Waals surface area contributed by atoms with Gasteiger partial charge in [0.25, 0.3) is 0 Å². The summed E-state index contributed by atoms with van der Waals surface area (Å²) in [5.41, 5.74) is 18.7. The van der Waals surface area contributed by atoms with Crippen molar-refractivity contribution < 1.29 is 0 Å². The number of aromatic nitrogens is 1. The monoisotopic (exact) mass is 844 g/mol. The summed E-state index contributed by atoms with van der Waals surface area (Å²) in [6, 6.07) is 93.7. The van der Waals surface area contributed by atoms with Crippen molar-refractivity contribution in [2.45, 2.75) is 24.7 Å². The smallest absolute Gasteiger partial charge is 0.0701 e. The van der Waals surface area contributed by atoms with Crippen LogP contribution in [0.25, 0.3) is 49.7 Å². The molecule has 0 radical (unpaired) electrons. The topological polar surface area (TPSA) is 8.17 Å². The first-order valence-electron chi connectivity index (χ1n) is 23.0. The molecule has 0 unspecified atom stereocenters. The Hall–Kier alpha value is -8.20. The lowest BCUT2D eigenvalue weighted by Gasteiger charge is -2.37. The molecule has 1 aromatic heterocycles. The largest absolute Gasteiger partial charge is 0.310 e. The van der Waals surface area contributed by atoms with Crippen LogP contribution in [0.5, 0.6) is 0 Å². The Labute approximate surface area is 387 Å². The number of fused-ring (bicyclic) bond motifs is 6. The van der Waals surface area contributed by atoms with Gasteiger partial charge >= 0.3 is 0 Å². The maximum atomic E-state index is 2.49. The van der Waals surface area contributed by atoms with Gasteiger partial charge in [-0.3, -0.25) is 0 Å². The number of rotatable bonds is 9. The van der Waals surface area contributed by atoms with Gasteiger partial charge in [-0.25, -0.2) is 0 Å². The molecule has 0 saturated heterocycles. The third-order valence-corrected chi connectivity index (χ3v) is 14.1. The fraction of sp³-hybridized carbons (Fsp3) is 0.0625. The third-order valence-electron chi connectivity index (χ3n) is 14.1. The van der Waals surface area contributed by atoms with Gasteiger partial charge in [-0.2, -0.15) is 0 Å². The van der Waals surface area contributed by atoms with E-state index in [1.165, 1.54) is 71.9 Å². The second-order valence-electron chi connectivity index (χ2n) is 18.1. The summed E-state index contributed by atoms with van der Waals surface area (Å²) in [6.07, 6.45) is 0. The van der Waals surface area contributed by atoms with Crippen LogP contribution in [0.2, 0.25) is 0 Å². The maximum Gasteiger partial charge on any atom is 0.0701 e. The predicted octanol–water partition coefficient (Wildman–Crippen LogP) is 16.6. The Kier molecular flexibility index (Phi) is 9.43. The van der Waals surface area contributed by atoms with E-state index < -0.39 is 5.41 Å². The summed E-state index contributed by atoms with van der Waals surface area (Å²) in [5.74, 6) is 0. The maximum absolute atomic E-state index is 2.49. The van der Waals surface area contributed by atoms with Crippen molar-refractivity contribution in [2.75, 3.05) is 4.90 Å². The molecule has 11 aromatic rings. The van der Waals surface area contributed by atoms with Crippen molar-refractivity contribution in [3.05, 3.63) is 288 Å². The molecule has 0 bridgehead atoms. The van der Waals surface area contributed by atoms with Crippen LogP contribution in [0.4, 0.5) is 17.1 Å². The summed E-state index contributed by atoms with van der Waals surface area (Å²) in [6.45, 7) is 4.73. The van der Waals surface area contributed by atoms with Gasteiger partial charge in [0.05, 0.1) is 22.1 Å². The highest BCUT2D eigenvalue weighted by molar-refractivity contribution is 6.10. The molecule has 1 heterocycles. The summed E-state index contributed by atoms with van der Waals surface area (Å²) < 4.78 is 2.38. The van der Waals surface area contributed by atoms with Crippen LogP contribution < -0.4 is 4.90 Å². The first kappa shape index (κ1) is 39.4. The summed E-state index contributed by atoms with van der Waals surface area (Å²) >= 11 is 0. The predicted molar refractivity (Wildman–Crippen MR) is 277 cm³/mol. The molecule has 2 nitrogen and oxygen atoms in total. The number of anilines is 3. The molecule has 0 saturated carbocycles. The molecule has 12 rings (SSSR count). The van der Waals surface area contributed by atoms with Crippen molar-refractivity contribution in [2.24, 2.45) is 0 Å². The van der Waals surface area contributed by atoms with Crippen LogP contribution in [-0.4, -0.2) is 4.57 Å². The second-order valence-corrected chi connectivity index (χ2v) is 18.1. The molecule has 1 aliphatic rings. The molecule has 0 atom stereocenters. The van der Waals surface area contributed by atoms with E-state index >= 15 is 0 Å². The normalized spacial score (nSPS) is 12.8. The Bertz CT molecular complexity index is 3440. The van der Waals surface area contributed by atoms with E-state index in [1.807, 2.05) is 0 Å². The molecule has 0 aliphatic heterocycles. The number of hydrogen-bond donors (Lipinski definition) is 0. The van der Waals surface area contributed by atoms with Crippen LogP contribution in [0.15, 0.2) is 255 Å². The van der Waals surface area contributed by atoms with Crippen LogP contribution in [0, 0.1) is 0 Å².